The number of rotatable bonds is 74. The number of hydrogen-bond donors (Lipinski definition) is 1. The van der Waals surface area contributed by atoms with E-state index in [0.717, 1.165) is 70.6 Å². The van der Waals surface area contributed by atoms with Gasteiger partial charge in [0.05, 0.1) is 27.7 Å². The molecule has 2 atom stereocenters. The first-order valence-corrected chi connectivity index (χ1v) is 41.2. The number of ether oxygens (including phenoxy) is 2. The molecule has 1 N–H and O–H groups in total. The molecule has 0 aliphatic heterocycles. The van der Waals surface area contributed by atoms with E-state index in [2.05, 4.69) is 86.8 Å². The molecule has 0 radical (unpaired) electrons. The number of esters is 2. The van der Waals surface area contributed by atoms with Crippen LogP contribution in [0.25, 0.3) is 0 Å². The number of carbonyl (C=O) groups is 2. The highest BCUT2D eigenvalue weighted by atomic mass is 31.2. The summed E-state index contributed by atoms with van der Waals surface area (Å²) in [5.74, 6) is -0.782. The van der Waals surface area contributed by atoms with Crippen molar-refractivity contribution in [2.75, 3.05) is 47.5 Å². The zero-order chi connectivity index (χ0) is 66.9. The Labute approximate surface area is 571 Å². The van der Waals surface area contributed by atoms with Crippen molar-refractivity contribution >= 4 is 19.8 Å². The lowest BCUT2D eigenvalue weighted by atomic mass is 10.0. The molecular weight excluding hydrogens is 1160 g/mol. The Morgan fingerprint density at radius 1 is 0.348 bits per heavy atom. The van der Waals surface area contributed by atoms with Gasteiger partial charge in [-0.25, -0.2) is 4.57 Å². The minimum atomic E-state index is -4.40. The lowest BCUT2D eigenvalue weighted by Gasteiger charge is -2.24. The molecule has 0 aliphatic carbocycles. The Balaban J connectivity index is 3.91. The van der Waals surface area contributed by atoms with Crippen LogP contribution in [-0.4, -0.2) is 74.9 Å². The number of unbranched alkanes of at least 4 members (excludes halogenated alkanes) is 48. The van der Waals surface area contributed by atoms with Crippen molar-refractivity contribution in [3.63, 3.8) is 0 Å². The number of likely N-dealkylation sites (N-methyl/N-ethyl adjacent to an activating group) is 1. The third-order valence-electron chi connectivity index (χ3n) is 17.7. The Bertz CT molecular complexity index is 1780. The molecule has 92 heavy (non-hydrogen) atoms. The third kappa shape index (κ3) is 76.5. The molecule has 10 heteroatoms. The topological polar surface area (TPSA) is 108 Å². The molecule has 538 valence electrons. The smallest absolute Gasteiger partial charge is 0.462 e. The average Bonchev–Trinajstić information content (AvgIpc) is 2.14. The maximum Gasteiger partial charge on any atom is 0.472 e. The first kappa shape index (κ1) is 89.5. The summed E-state index contributed by atoms with van der Waals surface area (Å²) in [4.78, 5) is 36.0. The fraction of sp³-hybridized carbons (Fsp3) is 0.829. The van der Waals surface area contributed by atoms with Crippen molar-refractivity contribution < 1.29 is 42.1 Å². The number of phosphoric acid groups is 1. The van der Waals surface area contributed by atoms with Crippen LogP contribution >= 0.6 is 7.82 Å². The molecule has 0 aromatic rings. The van der Waals surface area contributed by atoms with Gasteiger partial charge in [-0.15, -0.1) is 0 Å². The number of carbonyl (C=O) groups excluding carboxylic acids is 2. The van der Waals surface area contributed by atoms with Crippen molar-refractivity contribution in [1.82, 2.24) is 0 Å². The number of allylic oxidation sites excluding steroid dienone is 12. The maximum absolute atomic E-state index is 12.9. The lowest BCUT2D eigenvalue weighted by Crippen LogP contribution is -2.37. The van der Waals surface area contributed by atoms with Gasteiger partial charge in [0.25, 0.3) is 0 Å². The molecule has 0 saturated carbocycles. The zero-order valence-electron chi connectivity index (χ0n) is 61.5. The highest BCUT2D eigenvalue weighted by molar-refractivity contribution is 7.47. The molecule has 0 aliphatic rings. The number of quaternary nitrogens is 1. The summed E-state index contributed by atoms with van der Waals surface area (Å²) in [5.41, 5.74) is 0. The van der Waals surface area contributed by atoms with E-state index >= 15 is 0 Å². The molecule has 0 fully saturated rings. The molecule has 0 heterocycles. The summed E-state index contributed by atoms with van der Waals surface area (Å²) in [5, 5.41) is 0. The van der Waals surface area contributed by atoms with Gasteiger partial charge in [-0.05, 0) is 83.5 Å². The largest absolute Gasteiger partial charge is 0.472 e. The van der Waals surface area contributed by atoms with Gasteiger partial charge in [0.1, 0.15) is 19.8 Å². The van der Waals surface area contributed by atoms with E-state index in [1.807, 2.05) is 21.1 Å². The van der Waals surface area contributed by atoms with E-state index in [-0.39, 0.29) is 25.6 Å². The summed E-state index contributed by atoms with van der Waals surface area (Å²) in [6, 6.07) is 0. The molecule has 9 nitrogen and oxygen atoms in total. The second-order valence-corrected chi connectivity index (χ2v) is 29.5. The fourth-order valence-corrected chi connectivity index (χ4v) is 12.4. The fourth-order valence-electron chi connectivity index (χ4n) is 11.7. The van der Waals surface area contributed by atoms with Gasteiger partial charge in [-0.3, -0.25) is 18.6 Å². The van der Waals surface area contributed by atoms with E-state index in [4.69, 9.17) is 18.5 Å². The first-order chi connectivity index (χ1) is 45.0. The van der Waals surface area contributed by atoms with E-state index in [0.29, 0.717) is 23.9 Å². The van der Waals surface area contributed by atoms with Crippen LogP contribution in [0, 0.1) is 0 Å². The molecule has 0 amide bonds. The van der Waals surface area contributed by atoms with Crippen LogP contribution in [0.5, 0.6) is 0 Å². The summed E-state index contributed by atoms with van der Waals surface area (Å²) in [7, 11) is 1.49. The molecule has 0 saturated heterocycles. The van der Waals surface area contributed by atoms with Crippen LogP contribution in [0.3, 0.4) is 0 Å². The van der Waals surface area contributed by atoms with Crippen molar-refractivity contribution in [2.24, 2.45) is 0 Å². The van der Waals surface area contributed by atoms with Gasteiger partial charge in [-0.1, -0.05) is 363 Å². The van der Waals surface area contributed by atoms with Crippen molar-refractivity contribution in [1.29, 1.82) is 0 Å². The Morgan fingerprint density at radius 3 is 0.935 bits per heavy atom. The molecule has 0 rings (SSSR count). The standard InChI is InChI=1S/C82H152NO8P/c1-6-8-10-12-14-16-18-20-22-24-26-28-30-32-34-36-37-38-39-40-41-42-43-44-45-47-48-50-52-54-56-58-60-62-64-66-68-70-72-74-81(84)88-78-80(79-90-92(86,87)89-77-76-83(3,4)5)91-82(85)75-73-71-69-67-65-63-61-59-57-55-53-51-49-46-35-33-31-29-27-25-23-21-19-17-15-13-11-9-7-2/h9,11,15,17,21,23-24,26-27,29,33,35,80H,6-8,10,12-14,16,18-20,22,25,28,30-32,34,36-79H2,1-5H3/p+1/b11-9-,17-15-,23-21-,26-24-,29-27-,35-33-. The number of phosphoric ester groups is 1. The summed E-state index contributed by atoms with van der Waals surface area (Å²) < 4.78 is 34.8. The lowest BCUT2D eigenvalue weighted by molar-refractivity contribution is -0.870. The second-order valence-electron chi connectivity index (χ2n) is 28.1. The highest BCUT2D eigenvalue weighted by Gasteiger charge is 2.27. The normalized spacial score (nSPS) is 13.4. The van der Waals surface area contributed by atoms with Crippen LogP contribution in [-0.2, 0) is 32.7 Å². The van der Waals surface area contributed by atoms with E-state index < -0.39 is 26.5 Å². The molecule has 0 aromatic carbocycles. The van der Waals surface area contributed by atoms with E-state index in [1.165, 1.54) is 283 Å². The van der Waals surface area contributed by atoms with E-state index in [1.54, 1.807) is 0 Å². The molecule has 0 spiro atoms. The zero-order valence-corrected chi connectivity index (χ0v) is 62.4. The van der Waals surface area contributed by atoms with Gasteiger partial charge in [0, 0.05) is 12.8 Å². The monoisotopic (exact) mass is 1310 g/mol. The van der Waals surface area contributed by atoms with Crippen LogP contribution in [0.4, 0.5) is 0 Å². The second kappa shape index (κ2) is 72.7. The summed E-state index contributed by atoms with van der Waals surface area (Å²) >= 11 is 0. The number of hydrogen-bond acceptors (Lipinski definition) is 7. The van der Waals surface area contributed by atoms with Crippen LogP contribution in [0.1, 0.15) is 386 Å². The first-order valence-electron chi connectivity index (χ1n) is 39.7. The van der Waals surface area contributed by atoms with E-state index in [9.17, 15) is 19.0 Å². The predicted octanol–water partition coefficient (Wildman–Crippen LogP) is 26.3. The van der Waals surface area contributed by atoms with Gasteiger partial charge in [0.15, 0.2) is 6.10 Å². The Hall–Kier alpha value is -2.55. The minimum Gasteiger partial charge on any atom is -0.462 e. The van der Waals surface area contributed by atoms with Crippen LogP contribution in [0.2, 0.25) is 0 Å². The average molecular weight is 1310 g/mol. The van der Waals surface area contributed by atoms with Crippen LogP contribution in [0.15, 0.2) is 72.9 Å². The van der Waals surface area contributed by atoms with Gasteiger partial charge < -0.3 is 18.9 Å². The predicted molar refractivity (Wildman–Crippen MR) is 399 cm³/mol. The third-order valence-corrected chi connectivity index (χ3v) is 18.7. The minimum absolute atomic E-state index is 0.0315. The molecular formula is C82H153NO8P+. The molecule has 0 aromatic heterocycles. The maximum atomic E-state index is 12.9. The summed E-state index contributed by atoms with van der Waals surface area (Å²) in [6.07, 6.45) is 99.1. The highest BCUT2D eigenvalue weighted by Crippen LogP contribution is 2.43. The van der Waals surface area contributed by atoms with Gasteiger partial charge >= 0.3 is 19.8 Å². The van der Waals surface area contributed by atoms with Crippen molar-refractivity contribution in [3.05, 3.63) is 72.9 Å². The molecule has 2 unspecified atom stereocenters. The quantitative estimate of drug-likeness (QED) is 0.0211. The van der Waals surface area contributed by atoms with Crippen LogP contribution < -0.4 is 0 Å². The SMILES string of the molecule is CC/C=C\C/C=C\C/C=C\C/C=C\C/C=C\CCCCCCCCCCCCCCCC(=O)OC(COC(=O)CCCCCCCCCCCCCCCCCCCCCCCCCCCCC/C=C\CCCCCCCCCC)COP(=O)(O)OCC[N+](C)(C)C. The molecule has 0 bridgehead atoms. The van der Waals surface area contributed by atoms with Crippen molar-refractivity contribution in [2.45, 2.75) is 392 Å². The Morgan fingerprint density at radius 2 is 0.620 bits per heavy atom. The van der Waals surface area contributed by atoms with Crippen molar-refractivity contribution in [3.8, 4) is 0 Å². The van der Waals surface area contributed by atoms with Gasteiger partial charge in [-0.2, -0.15) is 0 Å². The van der Waals surface area contributed by atoms with Gasteiger partial charge in [0.2, 0.25) is 0 Å². The number of nitrogens with zero attached hydrogens (tertiary/aromatic N) is 1. The Kier molecular flexibility index (Phi) is 70.7. The summed E-state index contributed by atoms with van der Waals surface area (Å²) in [6.45, 7) is 4.38.